The molecule has 328 valence electrons. The lowest BCUT2D eigenvalue weighted by Gasteiger charge is -2.35. The van der Waals surface area contributed by atoms with Gasteiger partial charge in [0.25, 0.3) is 11.8 Å². The van der Waals surface area contributed by atoms with Crippen molar-refractivity contribution in [1.82, 2.24) is 15.5 Å². The van der Waals surface area contributed by atoms with E-state index in [1.54, 1.807) is 13.8 Å². The topological polar surface area (TPSA) is 284 Å². The van der Waals surface area contributed by atoms with Gasteiger partial charge in [-0.15, -0.1) is 0 Å². The molecule has 1 aromatic carbocycles. The number of esters is 1. The van der Waals surface area contributed by atoms with Crippen molar-refractivity contribution in [3.05, 3.63) is 35.9 Å². The molecular formula is C38H54N4O17. The van der Waals surface area contributed by atoms with E-state index in [9.17, 15) is 48.9 Å². The second-order valence-corrected chi connectivity index (χ2v) is 13.4. The van der Waals surface area contributed by atoms with Gasteiger partial charge in [0.05, 0.1) is 70.6 Å². The molecule has 21 nitrogen and oxygen atoms in total. The van der Waals surface area contributed by atoms with Crippen LogP contribution in [0.25, 0.3) is 0 Å². The number of imide groups is 1. The number of carbonyl (C=O) groups excluding carboxylic acids is 6. The van der Waals surface area contributed by atoms with Gasteiger partial charge in [0.1, 0.15) is 18.5 Å². The van der Waals surface area contributed by atoms with Crippen LogP contribution in [0.3, 0.4) is 0 Å². The zero-order valence-corrected chi connectivity index (χ0v) is 33.1. The van der Waals surface area contributed by atoms with Gasteiger partial charge >= 0.3 is 11.9 Å². The number of aliphatic hydroxyl groups is 2. The van der Waals surface area contributed by atoms with Crippen molar-refractivity contribution in [2.75, 3.05) is 77.8 Å². The molecular weight excluding hydrogens is 784 g/mol. The Labute approximate surface area is 340 Å². The van der Waals surface area contributed by atoms with Gasteiger partial charge in [-0.2, -0.15) is 0 Å². The second-order valence-electron chi connectivity index (χ2n) is 13.4. The van der Waals surface area contributed by atoms with Gasteiger partial charge in [-0.25, -0.2) is 4.79 Å². The minimum absolute atomic E-state index is 0.00719. The smallest absolute Gasteiger partial charge is 0.333 e. The molecule has 21 heteroatoms. The Hall–Kier alpha value is -5.03. The molecule has 0 radical (unpaired) electrons. The van der Waals surface area contributed by atoms with Crippen LogP contribution in [0.1, 0.15) is 45.1 Å². The predicted octanol–water partition coefficient (Wildman–Crippen LogP) is -0.981. The largest absolute Gasteiger partial charge is 0.479 e. The van der Waals surface area contributed by atoms with Gasteiger partial charge in [-0.05, 0) is 17.7 Å². The highest BCUT2D eigenvalue weighted by Crippen LogP contribution is 2.31. The number of carbonyl (C=O) groups is 7. The maximum atomic E-state index is 12.9. The molecule has 59 heavy (non-hydrogen) atoms. The first-order chi connectivity index (χ1) is 28.2. The van der Waals surface area contributed by atoms with Crippen molar-refractivity contribution >= 4 is 47.2 Å². The summed E-state index contributed by atoms with van der Waals surface area (Å²) in [6.07, 6.45) is -4.18. The number of ether oxygens (including phenoxy) is 7. The number of hydrogen-bond donors (Lipinski definition) is 6. The summed E-state index contributed by atoms with van der Waals surface area (Å²) >= 11 is 0. The number of amides is 5. The number of hydrogen-bond acceptors (Lipinski definition) is 16. The lowest BCUT2D eigenvalue weighted by molar-refractivity contribution is -0.238. The third-order valence-corrected chi connectivity index (χ3v) is 8.41. The normalized spacial score (nSPS) is 18.8. The molecule has 1 aromatic rings. The van der Waals surface area contributed by atoms with E-state index in [0.717, 1.165) is 4.90 Å². The molecule has 1 fully saturated rings. The van der Waals surface area contributed by atoms with E-state index in [1.807, 2.05) is 0 Å². The van der Waals surface area contributed by atoms with Crippen molar-refractivity contribution < 1.29 is 82.0 Å². The number of anilines is 1. The van der Waals surface area contributed by atoms with Gasteiger partial charge in [0.2, 0.25) is 24.0 Å². The molecule has 1 saturated heterocycles. The Balaban J connectivity index is 1.23. The molecule has 0 bridgehead atoms. The van der Waals surface area contributed by atoms with E-state index < -0.39 is 54.3 Å². The van der Waals surface area contributed by atoms with Crippen LogP contribution in [0.2, 0.25) is 0 Å². The molecule has 4 atom stereocenters. The highest BCUT2D eigenvalue weighted by atomic mass is 16.7. The average Bonchev–Trinajstić information content (AvgIpc) is 3.52. The van der Waals surface area contributed by atoms with E-state index in [4.69, 9.17) is 33.2 Å². The highest BCUT2D eigenvalue weighted by Gasteiger charge is 2.41. The molecule has 2 aliphatic rings. The van der Waals surface area contributed by atoms with Crippen LogP contribution in [0, 0.1) is 5.92 Å². The Morgan fingerprint density at radius 1 is 0.797 bits per heavy atom. The lowest BCUT2D eigenvalue weighted by atomic mass is 10.0. The van der Waals surface area contributed by atoms with Crippen LogP contribution in [0.4, 0.5) is 5.69 Å². The van der Waals surface area contributed by atoms with Crippen LogP contribution >= 0.6 is 0 Å². The fraction of sp³-hybridized carbons (Fsp3) is 0.605. The maximum Gasteiger partial charge on any atom is 0.333 e. The summed E-state index contributed by atoms with van der Waals surface area (Å²) in [5, 5.41) is 37.8. The van der Waals surface area contributed by atoms with Crippen molar-refractivity contribution in [2.24, 2.45) is 5.92 Å². The van der Waals surface area contributed by atoms with Crippen molar-refractivity contribution in [3.63, 3.8) is 0 Å². The van der Waals surface area contributed by atoms with Gasteiger partial charge in [-0.1, -0.05) is 19.9 Å². The van der Waals surface area contributed by atoms with Crippen LogP contribution in [0.15, 0.2) is 30.4 Å². The zero-order chi connectivity index (χ0) is 43.2. The molecule has 0 unspecified atom stereocenters. The Morgan fingerprint density at radius 2 is 1.39 bits per heavy atom. The van der Waals surface area contributed by atoms with Crippen LogP contribution in [-0.4, -0.2) is 159 Å². The van der Waals surface area contributed by atoms with Crippen LogP contribution in [-0.2, 0) is 68.6 Å². The van der Waals surface area contributed by atoms with E-state index in [0.29, 0.717) is 32.0 Å². The standard InChI is InChI=1S/C38H54N4O17/c1-24(2)37(52)57-23-25-3-4-28(58-38-35(49)27(43)22-29(59-38)36(50)51)26(21-25)41-32(46)7-10-39-31(45)9-13-53-15-17-55-19-20-56-18-16-54-14-11-40-30(44)8-12-42-33(47)5-6-34(42)48/h3-6,21,24,27,29,35,38,43,49H,7-20,22-23H2,1-2H3,(H,39,45)(H,40,44)(H,41,46)(H,50,51)/t27-,29-,35+,38+/m0/s1. The number of aliphatic hydroxyl groups excluding tert-OH is 2. The van der Waals surface area contributed by atoms with E-state index in [1.165, 1.54) is 30.4 Å². The summed E-state index contributed by atoms with van der Waals surface area (Å²) in [4.78, 5) is 84.4. The van der Waals surface area contributed by atoms with E-state index in [2.05, 4.69) is 16.0 Å². The fourth-order valence-electron chi connectivity index (χ4n) is 5.17. The first kappa shape index (κ1) is 48.3. The first-order valence-electron chi connectivity index (χ1n) is 19.1. The number of carboxylic acid groups (broad SMARTS) is 1. The van der Waals surface area contributed by atoms with E-state index in [-0.39, 0.29) is 108 Å². The number of benzene rings is 1. The first-order valence-corrected chi connectivity index (χ1v) is 19.1. The Bertz CT molecular complexity index is 1590. The summed E-state index contributed by atoms with van der Waals surface area (Å²) in [6, 6.07) is 4.41. The molecule has 6 N–H and O–H groups in total. The summed E-state index contributed by atoms with van der Waals surface area (Å²) in [6.45, 7) is 5.67. The quantitative estimate of drug-likeness (QED) is 0.0336. The third-order valence-electron chi connectivity index (χ3n) is 8.41. The summed E-state index contributed by atoms with van der Waals surface area (Å²) in [7, 11) is 0. The number of carboxylic acids is 1. The highest BCUT2D eigenvalue weighted by molar-refractivity contribution is 6.13. The maximum absolute atomic E-state index is 12.9. The number of nitrogens with zero attached hydrogens (tertiary/aromatic N) is 1. The third kappa shape index (κ3) is 18.2. The zero-order valence-electron chi connectivity index (χ0n) is 33.1. The molecule has 2 heterocycles. The molecule has 0 aliphatic carbocycles. The van der Waals surface area contributed by atoms with Crippen LogP contribution in [0.5, 0.6) is 5.75 Å². The predicted molar refractivity (Wildman–Crippen MR) is 202 cm³/mol. The van der Waals surface area contributed by atoms with E-state index >= 15 is 0 Å². The lowest BCUT2D eigenvalue weighted by Crippen LogP contribution is -2.52. The van der Waals surface area contributed by atoms with Gasteiger partial charge < -0.3 is 64.4 Å². The van der Waals surface area contributed by atoms with Crippen molar-refractivity contribution in [2.45, 2.75) is 70.7 Å². The summed E-state index contributed by atoms with van der Waals surface area (Å²) in [5.41, 5.74) is 0.561. The fourth-order valence-corrected chi connectivity index (χ4v) is 5.17. The molecule has 0 spiro atoms. The minimum Gasteiger partial charge on any atom is -0.479 e. The number of rotatable bonds is 28. The van der Waals surface area contributed by atoms with Crippen molar-refractivity contribution in [1.29, 1.82) is 0 Å². The molecule has 2 aliphatic heterocycles. The average molecular weight is 839 g/mol. The summed E-state index contributed by atoms with van der Waals surface area (Å²) in [5.74, 6) is -4.23. The summed E-state index contributed by atoms with van der Waals surface area (Å²) < 4.78 is 37.9. The van der Waals surface area contributed by atoms with Gasteiger partial charge in [0.15, 0.2) is 6.10 Å². The van der Waals surface area contributed by atoms with Gasteiger partial charge in [0, 0.05) is 57.5 Å². The van der Waals surface area contributed by atoms with Crippen molar-refractivity contribution in [3.8, 4) is 5.75 Å². The molecule has 0 aromatic heterocycles. The second kappa shape index (κ2) is 26.1. The Kier molecular flexibility index (Phi) is 21.4. The SMILES string of the molecule is CC(C)C(=O)OCc1ccc(O[C@@H]2O[C@H](C(=O)O)C[C@H](O)[C@H]2O)c(NC(=O)CCNC(=O)CCOCCOCCOCCOCCNC(=O)CCN2C(=O)C=CC2=O)c1. The Morgan fingerprint density at radius 3 is 2.02 bits per heavy atom. The van der Waals surface area contributed by atoms with Gasteiger partial charge in [-0.3, -0.25) is 33.7 Å². The minimum atomic E-state index is -1.59. The molecule has 5 amide bonds. The number of aliphatic carboxylic acids is 1. The number of nitrogens with one attached hydrogen (secondary N) is 3. The van der Waals surface area contributed by atoms with Crippen LogP contribution < -0.4 is 20.7 Å². The monoisotopic (exact) mass is 838 g/mol. The molecule has 3 rings (SSSR count). The molecule has 0 saturated carbocycles.